The first kappa shape index (κ1) is 18.4. The molecule has 0 aromatic heterocycles. The predicted octanol–water partition coefficient (Wildman–Crippen LogP) is 3.54. The Bertz CT molecular complexity index is 575. The Kier molecular flexibility index (Phi) is 8.45. The molecule has 0 aliphatic rings. The SMILES string of the molecule is [Ag+].[C-]#N.c1ccc(P(c2ccccc2)c2ccccc2)cc1. The van der Waals surface area contributed by atoms with Gasteiger partial charge in [0.05, 0.1) is 0 Å². The van der Waals surface area contributed by atoms with E-state index in [1.807, 2.05) is 0 Å². The molecule has 3 aromatic rings. The van der Waals surface area contributed by atoms with E-state index in [1.165, 1.54) is 15.9 Å². The van der Waals surface area contributed by atoms with Crippen molar-refractivity contribution in [3.63, 3.8) is 0 Å². The summed E-state index contributed by atoms with van der Waals surface area (Å²) in [5.41, 5.74) is 0. The Morgan fingerprint density at radius 2 is 0.727 bits per heavy atom. The normalized spacial score (nSPS) is 9.23. The summed E-state index contributed by atoms with van der Waals surface area (Å²) in [6.07, 6.45) is 0. The molecule has 0 fully saturated rings. The van der Waals surface area contributed by atoms with Crippen molar-refractivity contribution in [3.05, 3.63) is 97.6 Å². The molecule has 0 spiro atoms. The van der Waals surface area contributed by atoms with Crippen LogP contribution in [0.2, 0.25) is 0 Å². The van der Waals surface area contributed by atoms with Crippen LogP contribution in [0.25, 0.3) is 0 Å². The zero-order chi connectivity index (χ0) is 14.9. The van der Waals surface area contributed by atoms with Gasteiger partial charge in [-0.15, -0.1) is 0 Å². The number of hydrogen-bond acceptors (Lipinski definition) is 1. The molecule has 0 aliphatic heterocycles. The molecule has 1 nitrogen and oxygen atoms in total. The Labute approximate surface area is 148 Å². The molecule has 0 radical (unpaired) electrons. The molecular formula is C19H15AgNP. The number of rotatable bonds is 3. The second kappa shape index (κ2) is 10.1. The summed E-state index contributed by atoms with van der Waals surface area (Å²) >= 11 is 0. The van der Waals surface area contributed by atoms with Crippen LogP contribution < -0.4 is 15.9 Å². The summed E-state index contributed by atoms with van der Waals surface area (Å²) in [6, 6.07) is 32.3. The third-order valence-electron chi connectivity index (χ3n) is 3.04. The van der Waals surface area contributed by atoms with E-state index in [2.05, 4.69) is 91.0 Å². The Balaban J connectivity index is 0.000000775. The van der Waals surface area contributed by atoms with Crippen molar-refractivity contribution in [1.82, 2.24) is 0 Å². The first-order valence-electron chi connectivity index (χ1n) is 6.63. The second-order valence-corrected chi connectivity index (χ2v) is 6.56. The molecule has 112 valence electrons. The first-order chi connectivity index (χ1) is 10.4. The minimum absolute atomic E-state index is 0. The van der Waals surface area contributed by atoms with E-state index in [0.717, 1.165) is 0 Å². The molecule has 0 aliphatic carbocycles. The van der Waals surface area contributed by atoms with E-state index >= 15 is 0 Å². The van der Waals surface area contributed by atoms with Gasteiger partial charge in [-0.2, -0.15) is 0 Å². The molecule has 0 atom stereocenters. The molecule has 0 amide bonds. The summed E-state index contributed by atoms with van der Waals surface area (Å²) < 4.78 is 0. The van der Waals surface area contributed by atoms with Crippen molar-refractivity contribution in [1.29, 1.82) is 5.26 Å². The van der Waals surface area contributed by atoms with Crippen LogP contribution in [0.15, 0.2) is 91.0 Å². The summed E-state index contributed by atoms with van der Waals surface area (Å²) in [5, 5.41) is 10.4. The van der Waals surface area contributed by atoms with Gasteiger partial charge < -0.3 is 11.8 Å². The quantitative estimate of drug-likeness (QED) is 0.378. The Morgan fingerprint density at radius 1 is 0.500 bits per heavy atom. The van der Waals surface area contributed by atoms with Crippen molar-refractivity contribution in [2.45, 2.75) is 0 Å². The minimum atomic E-state index is -0.446. The van der Waals surface area contributed by atoms with Crippen LogP contribution in [0, 0.1) is 11.8 Å². The monoisotopic (exact) mass is 395 g/mol. The summed E-state index contributed by atoms with van der Waals surface area (Å²) in [4.78, 5) is 0. The average molecular weight is 396 g/mol. The molecule has 0 unspecified atom stereocenters. The Morgan fingerprint density at radius 3 is 0.955 bits per heavy atom. The van der Waals surface area contributed by atoms with Gasteiger partial charge in [-0.3, -0.25) is 0 Å². The van der Waals surface area contributed by atoms with E-state index in [0.29, 0.717) is 0 Å². The smallest absolute Gasteiger partial charge is 0.512 e. The molecule has 3 rings (SSSR count). The average Bonchev–Trinajstić information content (AvgIpc) is 2.60. The maximum atomic E-state index is 6.25. The van der Waals surface area contributed by atoms with Gasteiger partial charge in [0.1, 0.15) is 0 Å². The zero-order valence-corrected chi connectivity index (χ0v) is 14.2. The van der Waals surface area contributed by atoms with Gasteiger partial charge in [0, 0.05) is 0 Å². The molecule has 0 bridgehead atoms. The zero-order valence-electron chi connectivity index (χ0n) is 11.9. The van der Waals surface area contributed by atoms with Crippen LogP contribution in [-0.4, -0.2) is 0 Å². The van der Waals surface area contributed by atoms with Crippen LogP contribution in [-0.2, 0) is 22.4 Å². The van der Waals surface area contributed by atoms with Crippen molar-refractivity contribution < 1.29 is 22.4 Å². The van der Waals surface area contributed by atoms with Crippen LogP contribution in [0.5, 0.6) is 0 Å². The third-order valence-corrected chi connectivity index (χ3v) is 5.49. The third kappa shape index (κ3) is 4.67. The van der Waals surface area contributed by atoms with Gasteiger partial charge in [-0.25, -0.2) is 0 Å². The van der Waals surface area contributed by atoms with Crippen molar-refractivity contribution in [2.75, 3.05) is 0 Å². The van der Waals surface area contributed by atoms with Gasteiger partial charge in [0.2, 0.25) is 0 Å². The van der Waals surface area contributed by atoms with Gasteiger partial charge in [-0.1, -0.05) is 91.0 Å². The van der Waals surface area contributed by atoms with Crippen LogP contribution in [0.4, 0.5) is 0 Å². The molecular weight excluding hydrogens is 381 g/mol. The fourth-order valence-electron chi connectivity index (χ4n) is 2.18. The van der Waals surface area contributed by atoms with Crippen molar-refractivity contribution in [2.24, 2.45) is 0 Å². The molecule has 0 saturated carbocycles. The van der Waals surface area contributed by atoms with Gasteiger partial charge >= 0.3 is 22.4 Å². The maximum Gasteiger partial charge on any atom is 1.00 e. The van der Waals surface area contributed by atoms with E-state index < -0.39 is 7.92 Å². The van der Waals surface area contributed by atoms with Gasteiger partial charge in [0.25, 0.3) is 0 Å². The predicted molar refractivity (Wildman–Crippen MR) is 90.1 cm³/mol. The second-order valence-electron chi connectivity index (χ2n) is 4.34. The standard InChI is InChI=1S/C18H15P.CN.Ag/c1-4-10-16(11-5-1)19(17-12-6-2-7-13-17)18-14-8-3-9-15-18;1-2;/h1-15H;;/q;-1;+1. The Hall–Kier alpha value is -1.68. The minimum Gasteiger partial charge on any atom is -0.512 e. The molecule has 3 heteroatoms. The van der Waals surface area contributed by atoms with Crippen molar-refractivity contribution in [3.8, 4) is 0 Å². The maximum absolute atomic E-state index is 6.25. The van der Waals surface area contributed by atoms with Crippen LogP contribution >= 0.6 is 7.92 Å². The molecule has 0 saturated heterocycles. The van der Waals surface area contributed by atoms with E-state index in [9.17, 15) is 0 Å². The summed E-state index contributed by atoms with van der Waals surface area (Å²) in [6.45, 7) is 4.75. The van der Waals surface area contributed by atoms with Crippen LogP contribution in [0.1, 0.15) is 0 Å². The fraction of sp³-hybridized carbons (Fsp3) is 0. The number of benzene rings is 3. The van der Waals surface area contributed by atoms with Crippen molar-refractivity contribution >= 4 is 23.8 Å². The molecule has 0 heterocycles. The molecule has 3 aromatic carbocycles. The number of hydrogen-bond donors (Lipinski definition) is 0. The van der Waals surface area contributed by atoms with Crippen LogP contribution in [0.3, 0.4) is 0 Å². The van der Waals surface area contributed by atoms with E-state index in [4.69, 9.17) is 11.8 Å². The topological polar surface area (TPSA) is 23.8 Å². The van der Waals surface area contributed by atoms with E-state index in [1.54, 1.807) is 0 Å². The molecule has 0 N–H and O–H groups in total. The summed E-state index contributed by atoms with van der Waals surface area (Å²) in [5.74, 6) is 0. The molecule has 22 heavy (non-hydrogen) atoms. The number of nitrogens with zero attached hydrogens (tertiary/aromatic N) is 1. The first-order valence-corrected chi connectivity index (χ1v) is 7.97. The summed E-state index contributed by atoms with van der Waals surface area (Å²) in [7, 11) is -0.446. The largest absolute Gasteiger partial charge is 1.00 e. The fourth-order valence-corrected chi connectivity index (χ4v) is 4.48. The van der Waals surface area contributed by atoms with Gasteiger partial charge in [-0.05, 0) is 23.8 Å². The van der Waals surface area contributed by atoms with Gasteiger partial charge in [0.15, 0.2) is 0 Å². The van der Waals surface area contributed by atoms with E-state index in [-0.39, 0.29) is 22.4 Å².